The van der Waals surface area contributed by atoms with Crippen molar-refractivity contribution >= 4 is 39.5 Å². The molecule has 0 saturated heterocycles. The molecule has 0 aliphatic carbocycles. The summed E-state index contributed by atoms with van der Waals surface area (Å²) in [7, 11) is -9.96. The minimum absolute atomic E-state index is 0.0728. The highest BCUT2D eigenvalue weighted by Gasteiger charge is 2.30. The first-order chi connectivity index (χ1) is 47.7. The van der Waals surface area contributed by atoms with Gasteiger partial charge in [0.15, 0.2) is 12.2 Å². The summed E-state index contributed by atoms with van der Waals surface area (Å²) >= 11 is 0. The Labute approximate surface area is 595 Å². The maximum atomic E-state index is 13.1. The molecule has 0 heterocycles. The Balaban J connectivity index is 5.40. The van der Waals surface area contributed by atoms with E-state index < -0.39 is 97.5 Å². The highest BCUT2D eigenvalue weighted by atomic mass is 31.2. The molecular formula is C79H138O17P2. The van der Waals surface area contributed by atoms with Crippen LogP contribution in [0.15, 0.2) is 97.2 Å². The number of hydrogen-bond donors (Lipinski definition) is 3. The van der Waals surface area contributed by atoms with Gasteiger partial charge in [-0.2, -0.15) is 0 Å². The second-order valence-corrected chi connectivity index (χ2v) is 28.5. The van der Waals surface area contributed by atoms with E-state index in [1.807, 2.05) is 12.2 Å². The number of carbonyl (C=O) groups is 4. The van der Waals surface area contributed by atoms with Gasteiger partial charge >= 0.3 is 39.5 Å². The van der Waals surface area contributed by atoms with Gasteiger partial charge in [0, 0.05) is 25.7 Å². The van der Waals surface area contributed by atoms with Crippen LogP contribution in [-0.2, 0) is 65.4 Å². The molecule has 0 fully saturated rings. The largest absolute Gasteiger partial charge is 0.472 e. The van der Waals surface area contributed by atoms with Crippen LogP contribution in [0.4, 0.5) is 0 Å². The van der Waals surface area contributed by atoms with E-state index in [-0.39, 0.29) is 25.7 Å². The fraction of sp³-hybridized carbons (Fsp3) is 0.747. The van der Waals surface area contributed by atoms with Crippen molar-refractivity contribution in [3.63, 3.8) is 0 Å². The van der Waals surface area contributed by atoms with Gasteiger partial charge in [0.1, 0.15) is 19.3 Å². The van der Waals surface area contributed by atoms with Crippen LogP contribution in [-0.4, -0.2) is 96.7 Å². The van der Waals surface area contributed by atoms with E-state index in [2.05, 4.69) is 113 Å². The van der Waals surface area contributed by atoms with Crippen LogP contribution in [0.5, 0.6) is 0 Å². The lowest BCUT2D eigenvalue weighted by Gasteiger charge is -2.21. The van der Waals surface area contributed by atoms with Crippen LogP contribution < -0.4 is 0 Å². The molecule has 5 unspecified atom stereocenters. The van der Waals surface area contributed by atoms with Crippen molar-refractivity contribution in [1.29, 1.82) is 0 Å². The van der Waals surface area contributed by atoms with E-state index in [0.717, 1.165) is 148 Å². The summed E-state index contributed by atoms with van der Waals surface area (Å²) in [5, 5.41) is 10.6. The molecule has 0 amide bonds. The van der Waals surface area contributed by atoms with Crippen molar-refractivity contribution in [3.8, 4) is 0 Å². The molecule has 0 aromatic heterocycles. The summed E-state index contributed by atoms with van der Waals surface area (Å²) in [5.74, 6) is -2.26. The first-order valence-corrected chi connectivity index (χ1v) is 41.5. The van der Waals surface area contributed by atoms with Crippen molar-refractivity contribution in [1.82, 2.24) is 0 Å². The van der Waals surface area contributed by atoms with Crippen molar-refractivity contribution in [2.45, 2.75) is 341 Å². The summed E-state index contributed by atoms with van der Waals surface area (Å²) in [6.07, 6.45) is 74.0. The Hall–Kier alpha value is -4.02. The van der Waals surface area contributed by atoms with Gasteiger partial charge in [-0.25, -0.2) is 9.13 Å². The second kappa shape index (κ2) is 71.4. The van der Waals surface area contributed by atoms with Crippen LogP contribution in [0, 0.1) is 0 Å². The molecule has 0 saturated carbocycles. The minimum Gasteiger partial charge on any atom is -0.462 e. The smallest absolute Gasteiger partial charge is 0.462 e. The summed E-state index contributed by atoms with van der Waals surface area (Å²) in [6.45, 7) is 4.65. The molecule has 0 radical (unpaired) electrons. The summed E-state index contributed by atoms with van der Waals surface area (Å²) in [6, 6.07) is 0. The van der Waals surface area contributed by atoms with E-state index in [9.17, 15) is 43.2 Å². The highest BCUT2D eigenvalue weighted by molar-refractivity contribution is 7.47. The Kier molecular flexibility index (Phi) is 68.4. The second-order valence-electron chi connectivity index (χ2n) is 25.6. The van der Waals surface area contributed by atoms with Crippen molar-refractivity contribution in [2.24, 2.45) is 0 Å². The number of phosphoric acid groups is 2. The third-order valence-electron chi connectivity index (χ3n) is 16.0. The Morgan fingerprint density at radius 1 is 0.296 bits per heavy atom. The number of ether oxygens (including phenoxy) is 4. The predicted octanol–water partition coefficient (Wildman–Crippen LogP) is 22.0. The monoisotopic (exact) mass is 1420 g/mol. The first-order valence-electron chi connectivity index (χ1n) is 38.5. The van der Waals surface area contributed by atoms with Gasteiger partial charge in [-0.1, -0.05) is 253 Å². The Morgan fingerprint density at radius 3 is 0.878 bits per heavy atom. The van der Waals surface area contributed by atoms with E-state index in [1.165, 1.54) is 89.9 Å². The Morgan fingerprint density at radius 2 is 0.541 bits per heavy atom. The fourth-order valence-electron chi connectivity index (χ4n) is 10.1. The predicted molar refractivity (Wildman–Crippen MR) is 399 cm³/mol. The van der Waals surface area contributed by atoms with Crippen molar-refractivity contribution in [2.75, 3.05) is 39.6 Å². The SMILES string of the molecule is CC/C=C\C/C=C\C/C=C\C/C=C\C/C=C\CCCC(=O)OCC(COP(=O)(O)OCC(O)COP(=O)(O)OCC(COC(=O)CCCCCCC/C=C\CCCCCC)OC(=O)CCCCCCC/C=C\CCCCCC)OC(=O)CCCCCCC/C=C\CCCCCCCC. The van der Waals surface area contributed by atoms with Gasteiger partial charge < -0.3 is 33.8 Å². The third kappa shape index (κ3) is 70.4. The molecule has 5 atom stereocenters. The maximum Gasteiger partial charge on any atom is 0.472 e. The standard InChI is InChI=1S/C79H138O17P2/c1-5-9-13-17-21-25-29-33-35-36-38-41-44-48-52-56-60-64-77(82)90-70-75(96-79(84)66-62-58-54-50-46-42-37-34-30-26-22-18-14-10-6-2)72-94-98(87,88)92-68-73(80)67-91-97(85,86)93-71-74(95-78(83)65-61-57-53-49-45-40-32-28-24-20-16-12-8-4)69-89-76(81)63-59-55-51-47-43-39-31-27-23-19-15-11-7-3/h9,13,21,25,27-28,31-35,37-38,41,48,52,73-75,80H,5-8,10-12,14-20,22-24,26,29-30,36,39-40,42-47,49-51,53-72H2,1-4H3,(H,85,86)(H,87,88)/b13-9-,25-21-,31-27-,32-28-,35-33-,37-34-,41-38-,52-48-. The number of hydrogen-bond acceptors (Lipinski definition) is 15. The zero-order valence-corrected chi connectivity index (χ0v) is 63.5. The summed E-state index contributed by atoms with van der Waals surface area (Å²) in [4.78, 5) is 72.8. The number of aliphatic hydroxyl groups excluding tert-OH is 1. The molecule has 0 aromatic rings. The number of rotatable bonds is 72. The van der Waals surface area contributed by atoms with Gasteiger partial charge in [0.05, 0.1) is 26.4 Å². The third-order valence-corrected chi connectivity index (χ3v) is 17.9. The topological polar surface area (TPSA) is 237 Å². The number of phosphoric ester groups is 2. The molecule has 98 heavy (non-hydrogen) atoms. The zero-order valence-electron chi connectivity index (χ0n) is 61.7. The van der Waals surface area contributed by atoms with Crippen molar-refractivity contribution in [3.05, 3.63) is 97.2 Å². The number of unbranched alkanes of at least 4 members (excludes halogenated alkanes) is 30. The molecule has 0 spiro atoms. The van der Waals surface area contributed by atoms with E-state index in [0.29, 0.717) is 32.1 Å². The molecule has 17 nitrogen and oxygen atoms in total. The average Bonchev–Trinajstić information content (AvgIpc) is 1.05. The Bertz CT molecular complexity index is 2240. The molecular weight excluding hydrogens is 1280 g/mol. The molecule has 19 heteroatoms. The summed E-state index contributed by atoms with van der Waals surface area (Å²) < 4.78 is 68.4. The molecule has 0 aliphatic heterocycles. The summed E-state index contributed by atoms with van der Waals surface area (Å²) in [5.41, 5.74) is 0. The van der Waals surface area contributed by atoms with E-state index >= 15 is 0 Å². The number of aliphatic hydroxyl groups is 1. The average molecular weight is 1420 g/mol. The normalized spacial score (nSPS) is 14.5. The van der Waals surface area contributed by atoms with E-state index in [1.54, 1.807) is 0 Å². The van der Waals surface area contributed by atoms with Crippen LogP contribution in [0.2, 0.25) is 0 Å². The quantitative estimate of drug-likeness (QED) is 0.0169. The van der Waals surface area contributed by atoms with Gasteiger partial charge in [-0.15, -0.1) is 0 Å². The molecule has 0 aliphatic rings. The van der Waals surface area contributed by atoms with Gasteiger partial charge in [-0.05, 0) is 141 Å². The molecule has 0 rings (SSSR count). The first kappa shape index (κ1) is 94.0. The maximum absolute atomic E-state index is 13.1. The van der Waals surface area contributed by atoms with Gasteiger partial charge in [0.2, 0.25) is 0 Å². The zero-order chi connectivity index (χ0) is 71.8. The van der Waals surface area contributed by atoms with Gasteiger partial charge in [0.25, 0.3) is 0 Å². The number of carbonyl (C=O) groups excluding carboxylic acids is 4. The van der Waals surface area contributed by atoms with E-state index in [4.69, 9.17) is 37.0 Å². The van der Waals surface area contributed by atoms with Crippen LogP contribution in [0.3, 0.4) is 0 Å². The van der Waals surface area contributed by atoms with Crippen LogP contribution >= 0.6 is 15.6 Å². The molecule has 566 valence electrons. The molecule has 0 bridgehead atoms. The lowest BCUT2D eigenvalue weighted by atomic mass is 10.1. The van der Waals surface area contributed by atoms with Gasteiger partial charge in [-0.3, -0.25) is 37.3 Å². The van der Waals surface area contributed by atoms with Crippen LogP contribution in [0.1, 0.15) is 323 Å². The fourth-order valence-corrected chi connectivity index (χ4v) is 11.7. The molecule has 3 N–H and O–H groups in total. The molecule has 0 aromatic carbocycles. The number of allylic oxidation sites excluding steroid dienone is 16. The lowest BCUT2D eigenvalue weighted by Crippen LogP contribution is -2.30. The minimum atomic E-state index is -4.99. The van der Waals surface area contributed by atoms with Crippen molar-refractivity contribution < 1.29 is 80.2 Å². The highest BCUT2D eigenvalue weighted by Crippen LogP contribution is 2.45. The number of esters is 4. The lowest BCUT2D eigenvalue weighted by molar-refractivity contribution is -0.161. The van der Waals surface area contributed by atoms with Crippen LogP contribution in [0.25, 0.3) is 0 Å².